The van der Waals surface area contributed by atoms with Crippen LogP contribution in [-0.4, -0.2) is 33.2 Å². The van der Waals surface area contributed by atoms with Crippen LogP contribution in [0.2, 0.25) is 0 Å². The van der Waals surface area contributed by atoms with Gasteiger partial charge in [0.05, 0.1) is 17.8 Å². The number of aliphatic carboxylic acids is 3. The van der Waals surface area contributed by atoms with Gasteiger partial charge < -0.3 is 15.3 Å². The van der Waals surface area contributed by atoms with Crippen molar-refractivity contribution in [3.05, 3.63) is 22.8 Å². The predicted molar refractivity (Wildman–Crippen MR) is 143 cm³/mol. The fourth-order valence-electron chi connectivity index (χ4n) is 5.21. The number of allylic oxidation sites excluding steroid dienone is 4. The summed E-state index contributed by atoms with van der Waals surface area (Å²) < 4.78 is 0. The Morgan fingerprint density at radius 1 is 0.595 bits per heavy atom. The van der Waals surface area contributed by atoms with Crippen molar-refractivity contribution in [1.29, 1.82) is 0 Å². The summed E-state index contributed by atoms with van der Waals surface area (Å²) in [5.41, 5.74) is 4.25. The minimum Gasteiger partial charge on any atom is -0.481 e. The quantitative estimate of drug-likeness (QED) is 0.244. The first-order chi connectivity index (χ1) is 17.0. The predicted octanol–water partition coefficient (Wildman–Crippen LogP) is 7.67. The van der Waals surface area contributed by atoms with Crippen molar-refractivity contribution in [2.75, 3.05) is 0 Å². The molecule has 0 aromatic carbocycles. The van der Waals surface area contributed by atoms with Gasteiger partial charge in [0.1, 0.15) is 0 Å². The van der Waals surface area contributed by atoms with Gasteiger partial charge in [-0.2, -0.15) is 11.1 Å². The van der Waals surface area contributed by atoms with Gasteiger partial charge in [0, 0.05) is 21.7 Å². The van der Waals surface area contributed by atoms with E-state index in [-0.39, 0.29) is 39.5 Å². The van der Waals surface area contributed by atoms with E-state index < -0.39 is 17.9 Å². The van der Waals surface area contributed by atoms with E-state index in [1.54, 1.807) is 0 Å². The summed E-state index contributed by atoms with van der Waals surface area (Å²) in [5, 5.41) is 25.6. The molecule has 0 aromatic heterocycles. The van der Waals surface area contributed by atoms with Gasteiger partial charge in [-0.05, 0) is 38.5 Å². The van der Waals surface area contributed by atoms with E-state index in [2.05, 4.69) is 33.8 Å². The average molecular weight is 554 g/mol. The summed E-state index contributed by atoms with van der Waals surface area (Å²) in [6.45, 7) is 8.67. The Balaban J connectivity index is 0.000000463. The Morgan fingerprint density at radius 3 is 0.973 bits per heavy atom. The zero-order valence-corrected chi connectivity index (χ0v) is 25.0. The van der Waals surface area contributed by atoms with Gasteiger partial charge in [0.2, 0.25) is 0 Å². The molecule has 6 nitrogen and oxygen atoms in total. The van der Waals surface area contributed by atoms with Crippen LogP contribution in [0.25, 0.3) is 0 Å². The van der Waals surface area contributed by atoms with E-state index in [4.69, 9.17) is 15.3 Å². The average Bonchev–Trinajstić information content (AvgIpc) is 3.11. The summed E-state index contributed by atoms with van der Waals surface area (Å²) >= 11 is 0. The van der Waals surface area contributed by atoms with Crippen LogP contribution >= 0.6 is 0 Å². The van der Waals surface area contributed by atoms with Gasteiger partial charge in [-0.15, -0.1) is 6.92 Å². The molecule has 1 unspecified atom stereocenters. The van der Waals surface area contributed by atoms with Crippen LogP contribution in [0, 0.1) is 29.7 Å². The Labute approximate surface area is 239 Å². The normalized spacial score (nSPS) is 22.5. The Kier molecular flexibility index (Phi) is 18.9. The molecule has 0 aliphatic heterocycles. The smallest absolute Gasteiger partial charge is 0.306 e. The third-order valence-corrected chi connectivity index (χ3v) is 8.10. The Morgan fingerprint density at radius 2 is 0.865 bits per heavy atom. The summed E-state index contributed by atoms with van der Waals surface area (Å²) in [6, 6.07) is 0. The van der Waals surface area contributed by atoms with E-state index in [0.29, 0.717) is 5.92 Å². The number of hydrogen-bond acceptors (Lipinski definition) is 3. The zero-order chi connectivity index (χ0) is 27.1. The van der Waals surface area contributed by atoms with Gasteiger partial charge in [-0.25, -0.2) is 5.57 Å². The van der Waals surface area contributed by atoms with Crippen LogP contribution in [0.4, 0.5) is 0 Å². The van der Waals surface area contributed by atoms with E-state index in [1.807, 2.05) is 0 Å². The molecule has 3 saturated carbocycles. The molecule has 37 heavy (non-hydrogen) atoms. The molecule has 4 rings (SSSR count). The third kappa shape index (κ3) is 14.4. The summed E-state index contributed by atoms with van der Waals surface area (Å²) in [7, 11) is 0. The fourth-order valence-corrected chi connectivity index (χ4v) is 5.21. The molecule has 3 fully saturated rings. The molecule has 0 spiro atoms. The minimum absolute atomic E-state index is 0. The molecular formula is C30H49O6Ti-. The number of rotatable bonds is 3. The van der Waals surface area contributed by atoms with Crippen molar-refractivity contribution in [3.63, 3.8) is 0 Å². The number of carbonyl (C=O) groups is 3. The van der Waals surface area contributed by atoms with Gasteiger partial charge in [0.15, 0.2) is 0 Å². The first-order valence-corrected chi connectivity index (χ1v) is 14.0. The molecule has 0 amide bonds. The van der Waals surface area contributed by atoms with Crippen LogP contribution in [0.15, 0.2) is 16.7 Å². The second-order valence-electron chi connectivity index (χ2n) is 10.8. The van der Waals surface area contributed by atoms with Crippen LogP contribution in [-0.2, 0) is 36.1 Å². The van der Waals surface area contributed by atoms with Gasteiger partial charge in [-0.1, -0.05) is 84.5 Å². The third-order valence-electron chi connectivity index (χ3n) is 8.10. The molecule has 0 bridgehead atoms. The maximum absolute atomic E-state index is 10.4. The van der Waals surface area contributed by atoms with Crippen molar-refractivity contribution in [3.8, 4) is 0 Å². The molecule has 0 aromatic rings. The fraction of sp³-hybridized carbons (Fsp3) is 0.767. The topological polar surface area (TPSA) is 112 Å². The maximum atomic E-state index is 10.4. The summed E-state index contributed by atoms with van der Waals surface area (Å²) in [5.74, 6) is -1.33. The SMILES string of the molecule is CC1=[C-]C(C)C(C)=C1C.O=C(O)C1CCCCC1.O=C(O)C1CCCCC1.O=C(O)C1CCCCC1.[Ti]. The first kappa shape index (κ1) is 35.6. The molecule has 0 heterocycles. The van der Waals surface area contributed by atoms with E-state index in [9.17, 15) is 14.4 Å². The molecule has 0 radical (unpaired) electrons. The molecule has 1 atom stereocenters. The molecular weight excluding hydrogens is 504 g/mol. The van der Waals surface area contributed by atoms with Gasteiger partial charge in [-0.3, -0.25) is 20.5 Å². The molecule has 4 aliphatic carbocycles. The van der Waals surface area contributed by atoms with E-state index >= 15 is 0 Å². The van der Waals surface area contributed by atoms with Crippen LogP contribution in [0.1, 0.15) is 124 Å². The second kappa shape index (κ2) is 19.6. The molecule has 0 saturated heterocycles. The number of carboxylic acid groups (broad SMARTS) is 3. The molecule has 4 aliphatic rings. The summed E-state index contributed by atoms with van der Waals surface area (Å²) in [4.78, 5) is 31.1. The van der Waals surface area contributed by atoms with Crippen molar-refractivity contribution in [2.45, 2.75) is 124 Å². The van der Waals surface area contributed by atoms with Crippen LogP contribution in [0.5, 0.6) is 0 Å². The standard InChI is InChI=1S/C9H13.3C7H12O2.Ti/c1-6-5-7(2)9(4)8(6)3;3*8-7(9)6-4-2-1-3-5-6;/h6H,1-4H3;3*6H,1-5H2,(H,8,9);/q-1;;;;. The van der Waals surface area contributed by atoms with E-state index in [1.165, 1.54) is 36.0 Å². The Hall–Kier alpha value is -1.40. The van der Waals surface area contributed by atoms with Gasteiger partial charge >= 0.3 is 17.9 Å². The zero-order valence-electron chi connectivity index (χ0n) is 23.5. The van der Waals surface area contributed by atoms with Crippen molar-refractivity contribution < 1.29 is 51.4 Å². The van der Waals surface area contributed by atoms with Crippen LogP contribution in [0.3, 0.4) is 0 Å². The minimum atomic E-state index is -0.602. The largest absolute Gasteiger partial charge is 0.481 e. The van der Waals surface area contributed by atoms with Crippen LogP contribution < -0.4 is 0 Å². The first-order valence-electron chi connectivity index (χ1n) is 14.0. The van der Waals surface area contributed by atoms with E-state index in [0.717, 1.165) is 77.0 Å². The van der Waals surface area contributed by atoms with Crippen molar-refractivity contribution >= 4 is 17.9 Å². The van der Waals surface area contributed by atoms with Crippen molar-refractivity contribution in [1.82, 2.24) is 0 Å². The van der Waals surface area contributed by atoms with Crippen molar-refractivity contribution in [2.24, 2.45) is 23.7 Å². The maximum Gasteiger partial charge on any atom is 0.306 e. The molecule has 7 heteroatoms. The summed E-state index contributed by atoms with van der Waals surface area (Å²) in [6.07, 6.45) is 19.1. The number of carboxylic acids is 3. The Bertz CT molecular complexity index is 687. The monoisotopic (exact) mass is 553 g/mol. The number of hydrogen-bond donors (Lipinski definition) is 3. The van der Waals surface area contributed by atoms with Gasteiger partial charge in [0.25, 0.3) is 0 Å². The molecule has 210 valence electrons. The molecule has 3 N–H and O–H groups in total. The second-order valence-corrected chi connectivity index (χ2v) is 10.8.